The van der Waals surface area contributed by atoms with Gasteiger partial charge in [0.15, 0.2) is 5.96 Å². The van der Waals surface area contributed by atoms with Gasteiger partial charge in [0, 0.05) is 44.6 Å². The molecule has 172 valence electrons. The second kappa shape index (κ2) is 13.7. The third kappa shape index (κ3) is 8.08. The van der Waals surface area contributed by atoms with Gasteiger partial charge in [0.25, 0.3) is 0 Å². The Balaban J connectivity index is 0.00000341. The Hall–Kier alpha value is -1.65. The molecule has 1 aliphatic heterocycles. The van der Waals surface area contributed by atoms with Crippen LogP contribution in [0.3, 0.4) is 0 Å². The minimum Gasteiger partial charge on any atom is -0.379 e. The second-order valence-corrected chi connectivity index (χ2v) is 8.01. The molecule has 0 spiro atoms. The number of benzene rings is 1. The fraction of sp³-hybridized carbons (Fsp3) is 0.565. The Labute approximate surface area is 203 Å². The van der Waals surface area contributed by atoms with Gasteiger partial charge in [-0.15, -0.1) is 24.0 Å². The number of nitrogens with zero attached hydrogens (tertiary/aromatic N) is 4. The molecule has 0 saturated carbocycles. The molecule has 7 nitrogen and oxygen atoms in total. The summed E-state index contributed by atoms with van der Waals surface area (Å²) in [4.78, 5) is 7.40. The van der Waals surface area contributed by atoms with E-state index in [2.05, 4.69) is 65.7 Å². The summed E-state index contributed by atoms with van der Waals surface area (Å²) in [5, 5.41) is 11.3. The molecule has 1 unspecified atom stereocenters. The molecule has 1 aliphatic rings. The van der Waals surface area contributed by atoms with Gasteiger partial charge in [-0.3, -0.25) is 9.58 Å². The van der Waals surface area contributed by atoms with Gasteiger partial charge in [0.1, 0.15) is 0 Å². The molecule has 1 fully saturated rings. The van der Waals surface area contributed by atoms with Crippen molar-refractivity contribution in [2.75, 3.05) is 39.4 Å². The number of aromatic nitrogens is 2. The highest BCUT2D eigenvalue weighted by Crippen LogP contribution is 2.13. The first-order chi connectivity index (χ1) is 14.7. The average molecular weight is 540 g/mol. The van der Waals surface area contributed by atoms with Crippen molar-refractivity contribution < 1.29 is 4.74 Å². The molecule has 0 bridgehead atoms. The molecule has 0 radical (unpaired) electrons. The maximum Gasteiger partial charge on any atom is 0.191 e. The predicted molar refractivity (Wildman–Crippen MR) is 137 cm³/mol. The van der Waals surface area contributed by atoms with E-state index in [-0.39, 0.29) is 24.0 Å². The lowest BCUT2D eigenvalue weighted by Crippen LogP contribution is -2.52. The molecule has 2 heterocycles. The lowest BCUT2D eigenvalue weighted by atomic mass is 10.0. The lowest BCUT2D eigenvalue weighted by Gasteiger charge is -2.37. The van der Waals surface area contributed by atoms with Crippen molar-refractivity contribution >= 4 is 29.9 Å². The molecule has 31 heavy (non-hydrogen) atoms. The van der Waals surface area contributed by atoms with Crippen LogP contribution in [0.5, 0.6) is 0 Å². The zero-order valence-electron chi connectivity index (χ0n) is 19.0. The summed E-state index contributed by atoms with van der Waals surface area (Å²) in [5.41, 5.74) is 2.47. The van der Waals surface area contributed by atoms with Crippen LogP contribution in [0, 0.1) is 5.92 Å². The summed E-state index contributed by atoms with van der Waals surface area (Å²) >= 11 is 0. The molecule has 2 aromatic rings. The lowest BCUT2D eigenvalue weighted by molar-refractivity contribution is 0.00752. The minimum atomic E-state index is 0. The van der Waals surface area contributed by atoms with E-state index in [1.165, 1.54) is 11.1 Å². The standard InChI is InChI=1S/C23H36N6O.HI/c1-4-24-23(26-17-22(19(2)3)28-12-14-30-15-13-28)25-16-20-8-5-6-9-21(20)18-29-11-7-10-27-29;/h5-11,19,22H,4,12-18H2,1-3H3,(H2,24,25,26);1H. The zero-order chi connectivity index (χ0) is 21.2. The Morgan fingerprint density at radius 1 is 1.13 bits per heavy atom. The number of aliphatic imine (C=N–C) groups is 1. The number of rotatable bonds is 9. The Morgan fingerprint density at radius 3 is 2.52 bits per heavy atom. The van der Waals surface area contributed by atoms with Gasteiger partial charge >= 0.3 is 0 Å². The molecule has 1 aromatic heterocycles. The van der Waals surface area contributed by atoms with Crippen molar-refractivity contribution in [3.8, 4) is 0 Å². The average Bonchev–Trinajstić information content (AvgIpc) is 3.26. The Morgan fingerprint density at radius 2 is 1.87 bits per heavy atom. The van der Waals surface area contributed by atoms with E-state index in [1.54, 1.807) is 0 Å². The number of guanidine groups is 1. The topological polar surface area (TPSA) is 66.7 Å². The zero-order valence-corrected chi connectivity index (χ0v) is 21.3. The van der Waals surface area contributed by atoms with Crippen molar-refractivity contribution in [1.82, 2.24) is 25.3 Å². The van der Waals surface area contributed by atoms with Crippen LogP contribution in [0.15, 0.2) is 47.7 Å². The molecule has 8 heteroatoms. The van der Waals surface area contributed by atoms with Crippen LogP contribution in [0.4, 0.5) is 0 Å². The normalized spacial score (nSPS) is 16.1. The molecule has 1 aromatic carbocycles. The van der Waals surface area contributed by atoms with Crippen molar-refractivity contribution in [1.29, 1.82) is 0 Å². The van der Waals surface area contributed by atoms with Gasteiger partial charge in [0.2, 0.25) is 0 Å². The van der Waals surface area contributed by atoms with Gasteiger partial charge in [-0.05, 0) is 30.0 Å². The number of halogens is 1. The maximum absolute atomic E-state index is 5.53. The number of hydrogen-bond acceptors (Lipinski definition) is 4. The van der Waals surface area contributed by atoms with E-state index in [1.807, 2.05) is 23.1 Å². The number of nitrogens with one attached hydrogen (secondary N) is 2. The molecule has 1 atom stereocenters. The summed E-state index contributed by atoms with van der Waals surface area (Å²) in [6.45, 7) is 13.4. The third-order valence-electron chi connectivity index (χ3n) is 5.52. The number of hydrogen-bond donors (Lipinski definition) is 2. The maximum atomic E-state index is 5.53. The molecular formula is C23H37IN6O. The first-order valence-electron chi connectivity index (χ1n) is 11.1. The molecular weight excluding hydrogens is 503 g/mol. The number of morpholine rings is 1. The highest BCUT2D eigenvalue weighted by Gasteiger charge is 2.23. The third-order valence-corrected chi connectivity index (χ3v) is 5.52. The summed E-state index contributed by atoms with van der Waals surface area (Å²) in [6.07, 6.45) is 3.80. The van der Waals surface area contributed by atoms with Crippen LogP contribution in [0.1, 0.15) is 31.9 Å². The Bertz CT molecular complexity index is 774. The predicted octanol–water partition coefficient (Wildman–Crippen LogP) is 2.96. The van der Waals surface area contributed by atoms with Crippen LogP contribution in [0.2, 0.25) is 0 Å². The molecule has 2 N–H and O–H groups in total. The highest BCUT2D eigenvalue weighted by atomic mass is 127. The first-order valence-corrected chi connectivity index (χ1v) is 11.1. The molecule has 0 aliphatic carbocycles. The quantitative estimate of drug-likeness (QED) is 0.291. The van der Waals surface area contributed by atoms with Crippen LogP contribution >= 0.6 is 24.0 Å². The first kappa shape index (κ1) is 25.6. The molecule has 3 rings (SSSR count). The fourth-order valence-corrected chi connectivity index (χ4v) is 3.84. The largest absolute Gasteiger partial charge is 0.379 e. The van der Waals surface area contributed by atoms with E-state index >= 15 is 0 Å². The Kier molecular flexibility index (Phi) is 11.3. The van der Waals surface area contributed by atoms with Gasteiger partial charge in [-0.2, -0.15) is 5.10 Å². The van der Waals surface area contributed by atoms with Gasteiger partial charge in [-0.25, -0.2) is 4.99 Å². The van der Waals surface area contributed by atoms with Gasteiger partial charge in [-0.1, -0.05) is 38.1 Å². The van der Waals surface area contributed by atoms with Crippen molar-refractivity contribution in [3.05, 3.63) is 53.9 Å². The summed E-state index contributed by atoms with van der Waals surface area (Å²) in [7, 11) is 0. The minimum absolute atomic E-state index is 0. The highest BCUT2D eigenvalue weighted by molar-refractivity contribution is 14.0. The SMILES string of the molecule is CCNC(=NCc1ccccc1Cn1cccn1)NCC(C(C)C)N1CCOCC1.I. The molecule has 0 amide bonds. The van der Waals surface area contributed by atoms with Gasteiger partial charge < -0.3 is 15.4 Å². The smallest absolute Gasteiger partial charge is 0.191 e. The summed E-state index contributed by atoms with van der Waals surface area (Å²) in [5.74, 6) is 1.43. The van der Waals surface area contributed by atoms with E-state index < -0.39 is 0 Å². The van der Waals surface area contributed by atoms with E-state index in [4.69, 9.17) is 9.73 Å². The van der Waals surface area contributed by atoms with Gasteiger partial charge in [0.05, 0.1) is 26.3 Å². The van der Waals surface area contributed by atoms with Crippen molar-refractivity contribution in [2.45, 2.75) is 39.9 Å². The van der Waals surface area contributed by atoms with Crippen molar-refractivity contribution in [3.63, 3.8) is 0 Å². The van der Waals surface area contributed by atoms with E-state index in [0.29, 0.717) is 18.5 Å². The fourth-order valence-electron chi connectivity index (χ4n) is 3.84. The number of ether oxygens (including phenoxy) is 1. The second-order valence-electron chi connectivity index (χ2n) is 8.01. The summed E-state index contributed by atoms with van der Waals surface area (Å²) < 4.78 is 7.47. The van der Waals surface area contributed by atoms with E-state index in [9.17, 15) is 0 Å². The van der Waals surface area contributed by atoms with Crippen LogP contribution in [-0.4, -0.2) is 66.1 Å². The van der Waals surface area contributed by atoms with Crippen LogP contribution in [-0.2, 0) is 17.8 Å². The monoisotopic (exact) mass is 540 g/mol. The van der Waals surface area contributed by atoms with Crippen LogP contribution < -0.4 is 10.6 Å². The van der Waals surface area contributed by atoms with E-state index in [0.717, 1.165) is 51.9 Å². The summed E-state index contributed by atoms with van der Waals surface area (Å²) in [6, 6.07) is 10.9. The molecule has 1 saturated heterocycles. The van der Waals surface area contributed by atoms with Crippen LogP contribution in [0.25, 0.3) is 0 Å². The van der Waals surface area contributed by atoms with Crippen molar-refractivity contribution in [2.24, 2.45) is 10.9 Å².